The molecular weight excluding hydrogens is 294 g/mol. The van der Waals surface area contributed by atoms with Gasteiger partial charge in [0.05, 0.1) is 12.5 Å². The van der Waals surface area contributed by atoms with Crippen LogP contribution in [0.2, 0.25) is 0 Å². The highest BCUT2D eigenvalue weighted by molar-refractivity contribution is 5.90. The van der Waals surface area contributed by atoms with Crippen LogP contribution in [-0.4, -0.2) is 27.1 Å². The molecule has 2 amide bonds. The van der Waals surface area contributed by atoms with Crippen LogP contribution in [0.15, 0.2) is 53.8 Å². The van der Waals surface area contributed by atoms with Crippen molar-refractivity contribution in [2.24, 2.45) is 0 Å². The number of aryl methyl sites for hydroxylation is 1. The maximum atomic E-state index is 12.0. The number of imidazole rings is 1. The molecule has 2 heterocycles. The van der Waals surface area contributed by atoms with Crippen LogP contribution >= 0.6 is 0 Å². The Balaban J connectivity index is 1.60. The van der Waals surface area contributed by atoms with Gasteiger partial charge in [-0.25, -0.2) is 14.8 Å². The lowest BCUT2D eigenvalue weighted by atomic mass is 10.1. The molecule has 0 aliphatic carbocycles. The fourth-order valence-electron chi connectivity index (χ4n) is 2.14. The van der Waals surface area contributed by atoms with E-state index in [-0.39, 0.29) is 6.03 Å². The summed E-state index contributed by atoms with van der Waals surface area (Å²) in [5.74, 6) is 0.522. The van der Waals surface area contributed by atoms with E-state index in [0.29, 0.717) is 19.0 Å². The first-order valence-electron chi connectivity index (χ1n) is 7.23. The fourth-order valence-corrected chi connectivity index (χ4v) is 2.14. The van der Waals surface area contributed by atoms with Gasteiger partial charge in [0, 0.05) is 36.7 Å². The molecule has 0 saturated carbocycles. The summed E-state index contributed by atoms with van der Waals surface area (Å²) in [5.41, 5.74) is 2.50. The lowest BCUT2D eigenvalue weighted by Gasteiger charge is -2.11. The Morgan fingerprint density at radius 2 is 2.26 bits per heavy atom. The van der Waals surface area contributed by atoms with Gasteiger partial charge >= 0.3 is 6.03 Å². The number of aromatic nitrogens is 3. The number of rotatable bonds is 5. The topological polar surface area (TPSA) is 85.0 Å². The van der Waals surface area contributed by atoms with E-state index < -0.39 is 0 Å². The number of hydrogen-bond donors (Lipinski definition) is 2. The Hall–Kier alpha value is -3.09. The first-order chi connectivity index (χ1) is 11.2. The van der Waals surface area contributed by atoms with Crippen LogP contribution in [0.3, 0.4) is 0 Å². The van der Waals surface area contributed by atoms with E-state index in [1.54, 1.807) is 18.7 Å². The summed E-state index contributed by atoms with van der Waals surface area (Å²) in [6, 6.07) is 5.42. The number of nitrogens with one attached hydrogen (secondary N) is 2. The summed E-state index contributed by atoms with van der Waals surface area (Å²) in [6.07, 6.45) is 8.38. The van der Waals surface area contributed by atoms with Crippen molar-refractivity contribution in [3.8, 4) is 11.5 Å². The maximum absolute atomic E-state index is 12.0. The van der Waals surface area contributed by atoms with Crippen LogP contribution in [0.1, 0.15) is 5.56 Å². The number of benzene rings is 1. The molecule has 7 nitrogen and oxygen atoms in total. The molecule has 0 atom stereocenters. The van der Waals surface area contributed by atoms with Crippen LogP contribution < -0.4 is 10.6 Å². The standard InChI is InChI=1S/C16H17N5O2/c1-12-2-3-13(15-18-6-9-23-15)10-14(12)20-16(22)19-5-8-21-7-4-17-11-21/h2-4,6-7,9-11H,5,8H2,1H3,(H2,19,20,22). The van der Waals surface area contributed by atoms with Crippen LogP contribution in [-0.2, 0) is 6.54 Å². The van der Waals surface area contributed by atoms with Crippen molar-refractivity contribution < 1.29 is 9.21 Å². The zero-order valence-corrected chi connectivity index (χ0v) is 12.7. The highest BCUT2D eigenvalue weighted by atomic mass is 16.3. The number of amides is 2. The smallest absolute Gasteiger partial charge is 0.319 e. The highest BCUT2D eigenvalue weighted by Gasteiger charge is 2.08. The van der Waals surface area contributed by atoms with Gasteiger partial charge in [-0.1, -0.05) is 6.07 Å². The van der Waals surface area contributed by atoms with Crippen molar-refractivity contribution in [2.45, 2.75) is 13.5 Å². The molecule has 0 aliphatic heterocycles. The summed E-state index contributed by atoms with van der Waals surface area (Å²) in [6.45, 7) is 3.11. The Bertz CT molecular complexity index is 766. The predicted octanol–water partition coefficient (Wildman–Crippen LogP) is 2.67. The molecule has 0 radical (unpaired) electrons. The Morgan fingerprint density at radius 1 is 1.35 bits per heavy atom. The number of hydrogen-bond acceptors (Lipinski definition) is 4. The minimum absolute atomic E-state index is 0.252. The third kappa shape index (κ3) is 3.76. The minimum atomic E-state index is -0.252. The normalized spacial score (nSPS) is 10.5. The number of nitrogens with zero attached hydrogens (tertiary/aromatic N) is 3. The average molecular weight is 311 g/mol. The molecule has 2 aromatic heterocycles. The molecule has 0 spiro atoms. The van der Waals surface area contributed by atoms with Crippen molar-refractivity contribution in [1.82, 2.24) is 19.9 Å². The summed E-state index contributed by atoms with van der Waals surface area (Å²) in [7, 11) is 0. The van der Waals surface area contributed by atoms with E-state index in [9.17, 15) is 4.79 Å². The molecule has 1 aromatic carbocycles. The first kappa shape index (κ1) is 14.8. The largest absolute Gasteiger partial charge is 0.445 e. The van der Waals surface area contributed by atoms with E-state index in [4.69, 9.17) is 4.42 Å². The molecule has 23 heavy (non-hydrogen) atoms. The van der Waals surface area contributed by atoms with E-state index in [0.717, 1.165) is 16.8 Å². The molecule has 118 valence electrons. The van der Waals surface area contributed by atoms with Gasteiger partial charge in [0.25, 0.3) is 0 Å². The third-order valence-electron chi connectivity index (χ3n) is 3.38. The van der Waals surface area contributed by atoms with Crippen molar-refractivity contribution in [3.05, 3.63) is 54.9 Å². The minimum Gasteiger partial charge on any atom is -0.445 e. The molecule has 2 N–H and O–H groups in total. The molecule has 0 unspecified atom stereocenters. The van der Waals surface area contributed by atoms with Gasteiger partial charge in [-0.2, -0.15) is 0 Å². The Labute approximate surface area is 133 Å². The van der Waals surface area contributed by atoms with Gasteiger partial charge in [0.2, 0.25) is 5.89 Å². The molecule has 0 aliphatic rings. The number of oxazole rings is 1. The van der Waals surface area contributed by atoms with Crippen LogP contribution in [0.5, 0.6) is 0 Å². The van der Waals surface area contributed by atoms with Crippen molar-refractivity contribution in [3.63, 3.8) is 0 Å². The summed E-state index contributed by atoms with van der Waals surface area (Å²) >= 11 is 0. The molecule has 3 aromatic rings. The van der Waals surface area contributed by atoms with Gasteiger partial charge in [-0.3, -0.25) is 0 Å². The van der Waals surface area contributed by atoms with Crippen molar-refractivity contribution in [1.29, 1.82) is 0 Å². The fraction of sp³-hybridized carbons (Fsp3) is 0.188. The van der Waals surface area contributed by atoms with Gasteiger partial charge < -0.3 is 19.6 Å². The molecular formula is C16H17N5O2. The zero-order chi connectivity index (χ0) is 16.1. The SMILES string of the molecule is Cc1ccc(-c2ncco2)cc1NC(=O)NCCn1ccnc1. The second-order valence-electron chi connectivity index (χ2n) is 5.05. The lowest BCUT2D eigenvalue weighted by molar-refractivity contribution is 0.251. The number of carbonyl (C=O) groups excluding carboxylic acids is 1. The van der Waals surface area contributed by atoms with Crippen LogP contribution in [0.25, 0.3) is 11.5 Å². The van der Waals surface area contributed by atoms with Crippen LogP contribution in [0.4, 0.5) is 10.5 Å². The van der Waals surface area contributed by atoms with E-state index in [2.05, 4.69) is 20.6 Å². The quantitative estimate of drug-likeness (QED) is 0.758. The monoisotopic (exact) mass is 311 g/mol. The third-order valence-corrected chi connectivity index (χ3v) is 3.38. The second kappa shape index (κ2) is 6.78. The van der Waals surface area contributed by atoms with Gasteiger partial charge in [0.15, 0.2) is 0 Å². The number of carbonyl (C=O) groups is 1. The van der Waals surface area contributed by atoms with Gasteiger partial charge in [-0.05, 0) is 24.6 Å². The molecule has 3 rings (SSSR count). The second-order valence-corrected chi connectivity index (χ2v) is 5.05. The predicted molar refractivity (Wildman–Crippen MR) is 85.9 cm³/mol. The number of urea groups is 1. The lowest BCUT2D eigenvalue weighted by Crippen LogP contribution is -2.31. The zero-order valence-electron chi connectivity index (χ0n) is 12.7. The molecule has 7 heteroatoms. The van der Waals surface area contributed by atoms with E-state index in [1.165, 1.54) is 6.26 Å². The maximum Gasteiger partial charge on any atom is 0.319 e. The van der Waals surface area contributed by atoms with E-state index >= 15 is 0 Å². The Morgan fingerprint density at radius 3 is 3.00 bits per heavy atom. The van der Waals surface area contributed by atoms with Crippen molar-refractivity contribution in [2.75, 3.05) is 11.9 Å². The van der Waals surface area contributed by atoms with Gasteiger partial charge in [-0.15, -0.1) is 0 Å². The molecule has 0 saturated heterocycles. The molecule has 0 bridgehead atoms. The van der Waals surface area contributed by atoms with Crippen LogP contribution in [0, 0.1) is 6.92 Å². The van der Waals surface area contributed by atoms with E-state index in [1.807, 2.05) is 35.9 Å². The average Bonchev–Trinajstić information content (AvgIpc) is 3.22. The summed E-state index contributed by atoms with van der Waals surface area (Å²) in [5, 5.41) is 5.66. The van der Waals surface area contributed by atoms with Crippen molar-refractivity contribution >= 4 is 11.7 Å². The van der Waals surface area contributed by atoms with Gasteiger partial charge in [0.1, 0.15) is 6.26 Å². The highest BCUT2D eigenvalue weighted by Crippen LogP contribution is 2.24. The Kier molecular flexibility index (Phi) is 4.37. The summed E-state index contributed by atoms with van der Waals surface area (Å²) in [4.78, 5) is 20.1. The number of anilines is 1. The first-order valence-corrected chi connectivity index (χ1v) is 7.23. The molecule has 0 fully saturated rings. The summed E-state index contributed by atoms with van der Waals surface area (Å²) < 4.78 is 7.18.